The van der Waals surface area contributed by atoms with Crippen LogP contribution in [0.2, 0.25) is 10.0 Å². The molecule has 0 saturated carbocycles. The van der Waals surface area contributed by atoms with Gasteiger partial charge in [-0.1, -0.05) is 59.6 Å². The quantitative estimate of drug-likeness (QED) is 0.874. The van der Waals surface area contributed by atoms with Gasteiger partial charge in [0.1, 0.15) is 18.7 Å². The van der Waals surface area contributed by atoms with E-state index in [9.17, 15) is 5.11 Å². The largest absolute Gasteiger partial charge is 0.382 e. The van der Waals surface area contributed by atoms with Crippen molar-refractivity contribution in [1.82, 2.24) is 0 Å². The van der Waals surface area contributed by atoms with E-state index in [2.05, 4.69) is 5.32 Å². The fourth-order valence-corrected chi connectivity index (χ4v) is 2.57. The van der Waals surface area contributed by atoms with Crippen LogP contribution in [-0.4, -0.2) is 11.1 Å². The lowest BCUT2D eigenvalue weighted by molar-refractivity contribution is -0.709. The molecule has 2 aromatic carbocycles. The number of nitrogens with two attached hydrogens (primary N) is 1. The van der Waals surface area contributed by atoms with Gasteiger partial charge in [-0.2, -0.15) is 0 Å². The molecule has 0 heterocycles. The van der Waals surface area contributed by atoms with Crippen molar-refractivity contribution in [2.45, 2.75) is 25.6 Å². The van der Waals surface area contributed by atoms with Crippen LogP contribution in [0.25, 0.3) is 0 Å². The Labute approximate surface area is 129 Å². The van der Waals surface area contributed by atoms with Gasteiger partial charge in [0.25, 0.3) is 0 Å². The molecule has 2 atom stereocenters. The van der Waals surface area contributed by atoms with Gasteiger partial charge in [0, 0.05) is 10.6 Å². The molecule has 0 aliphatic heterocycles. The van der Waals surface area contributed by atoms with Gasteiger partial charge in [-0.05, 0) is 24.6 Å². The number of benzene rings is 2. The molecule has 0 bridgehead atoms. The SMILES string of the molecule is C[C@@H]([NH2+]Cc1ccc(Cl)cc1Cl)[C@H](O)c1ccccc1. The minimum atomic E-state index is -0.498. The number of aliphatic hydroxyl groups is 1. The number of rotatable bonds is 5. The maximum Gasteiger partial charge on any atom is 0.130 e. The Morgan fingerprint density at radius 1 is 1.10 bits per heavy atom. The molecule has 0 aliphatic rings. The lowest BCUT2D eigenvalue weighted by Gasteiger charge is -2.18. The minimum Gasteiger partial charge on any atom is -0.382 e. The first-order chi connectivity index (χ1) is 9.58. The van der Waals surface area contributed by atoms with E-state index in [1.807, 2.05) is 49.4 Å². The molecular formula is C16H18Cl2NO+. The second kappa shape index (κ2) is 7.09. The highest BCUT2D eigenvalue weighted by Crippen LogP contribution is 2.20. The topological polar surface area (TPSA) is 36.8 Å². The monoisotopic (exact) mass is 310 g/mol. The van der Waals surface area contributed by atoms with Crippen LogP contribution in [0, 0.1) is 0 Å². The van der Waals surface area contributed by atoms with Crippen LogP contribution in [0.15, 0.2) is 48.5 Å². The van der Waals surface area contributed by atoms with Crippen LogP contribution in [0.4, 0.5) is 0 Å². The van der Waals surface area contributed by atoms with Crippen LogP contribution < -0.4 is 5.32 Å². The summed E-state index contributed by atoms with van der Waals surface area (Å²) in [7, 11) is 0. The number of halogens is 2. The lowest BCUT2D eigenvalue weighted by atomic mass is 10.0. The van der Waals surface area contributed by atoms with Crippen molar-refractivity contribution in [1.29, 1.82) is 0 Å². The highest BCUT2D eigenvalue weighted by Gasteiger charge is 2.19. The smallest absolute Gasteiger partial charge is 0.130 e. The van der Waals surface area contributed by atoms with Gasteiger partial charge in [-0.15, -0.1) is 0 Å². The molecule has 2 rings (SSSR count). The normalized spacial score (nSPS) is 14.0. The average molecular weight is 311 g/mol. The minimum absolute atomic E-state index is 0.0455. The summed E-state index contributed by atoms with van der Waals surface area (Å²) in [6, 6.07) is 15.2. The number of quaternary nitrogens is 1. The first kappa shape index (κ1) is 15.3. The standard InChI is InChI=1S/C16H17Cl2NO/c1-11(16(20)12-5-3-2-4-6-12)19-10-13-7-8-14(17)9-15(13)18/h2-9,11,16,19-20H,10H2,1H3/p+1/t11-,16+/m1/s1. The van der Waals surface area contributed by atoms with Crippen molar-refractivity contribution in [2.75, 3.05) is 0 Å². The highest BCUT2D eigenvalue weighted by atomic mass is 35.5. The Balaban J connectivity index is 1.96. The predicted molar refractivity (Wildman–Crippen MR) is 83.0 cm³/mol. The van der Waals surface area contributed by atoms with Crippen molar-refractivity contribution in [3.8, 4) is 0 Å². The first-order valence-electron chi connectivity index (χ1n) is 6.58. The molecule has 0 saturated heterocycles. The first-order valence-corrected chi connectivity index (χ1v) is 7.34. The van der Waals surface area contributed by atoms with Crippen LogP contribution >= 0.6 is 23.2 Å². The Hall–Kier alpha value is -1.06. The molecule has 20 heavy (non-hydrogen) atoms. The third kappa shape index (κ3) is 3.97. The van der Waals surface area contributed by atoms with Crippen molar-refractivity contribution < 1.29 is 10.4 Å². The van der Waals surface area contributed by atoms with E-state index in [4.69, 9.17) is 23.2 Å². The van der Waals surface area contributed by atoms with E-state index in [-0.39, 0.29) is 6.04 Å². The average Bonchev–Trinajstić information content (AvgIpc) is 2.46. The van der Waals surface area contributed by atoms with E-state index in [1.54, 1.807) is 6.07 Å². The van der Waals surface area contributed by atoms with Gasteiger partial charge in [0.05, 0.1) is 5.02 Å². The predicted octanol–water partition coefficient (Wildman–Crippen LogP) is 3.18. The summed E-state index contributed by atoms with van der Waals surface area (Å²) in [5, 5.41) is 13.7. The van der Waals surface area contributed by atoms with E-state index in [1.165, 1.54) is 0 Å². The molecule has 0 aliphatic carbocycles. The van der Waals surface area contributed by atoms with E-state index >= 15 is 0 Å². The Kier molecular flexibility index (Phi) is 5.44. The molecule has 2 nitrogen and oxygen atoms in total. The van der Waals surface area contributed by atoms with Crippen LogP contribution in [0.3, 0.4) is 0 Å². The molecule has 2 aromatic rings. The molecule has 0 fully saturated rings. The number of hydrogen-bond acceptors (Lipinski definition) is 1. The second-order valence-corrected chi connectivity index (χ2v) is 5.73. The van der Waals surface area contributed by atoms with Gasteiger partial charge in [-0.25, -0.2) is 0 Å². The van der Waals surface area contributed by atoms with Gasteiger partial charge in [-0.3, -0.25) is 0 Å². The van der Waals surface area contributed by atoms with Crippen LogP contribution in [0.1, 0.15) is 24.2 Å². The second-order valence-electron chi connectivity index (χ2n) is 4.89. The Bertz CT molecular complexity index is 560. The van der Waals surface area contributed by atoms with Gasteiger partial charge >= 0.3 is 0 Å². The van der Waals surface area contributed by atoms with Gasteiger partial charge < -0.3 is 10.4 Å². The maximum atomic E-state index is 10.3. The maximum absolute atomic E-state index is 10.3. The van der Waals surface area contributed by atoms with Crippen molar-refractivity contribution in [2.24, 2.45) is 0 Å². The van der Waals surface area contributed by atoms with Gasteiger partial charge in [0.2, 0.25) is 0 Å². The number of aliphatic hydroxyl groups excluding tert-OH is 1. The Morgan fingerprint density at radius 3 is 2.45 bits per heavy atom. The summed E-state index contributed by atoms with van der Waals surface area (Å²) in [6.45, 7) is 2.71. The summed E-state index contributed by atoms with van der Waals surface area (Å²) < 4.78 is 0. The molecule has 106 valence electrons. The summed E-state index contributed by atoms with van der Waals surface area (Å²) in [5.41, 5.74) is 1.95. The third-order valence-corrected chi connectivity index (χ3v) is 3.95. The molecule has 0 radical (unpaired) electrons. The molecule has 0 aromatic heterocycles. The van der Waals surface area contributed by atoms with Crippen LogP contribution in [-0.2, 0) is 6.54 Å². The van der Waals surface area contributed by atoms with E-state index in [0.717, 1.165) is 11.1 Å². The number of hydrogen-bond donors (Lipinski definition) is 2. The molecule has 0 amide bonds. The Morgan fingerprint density at radius 2 is 1.80 bits per heavy atom. The lowest BCUT2D eigenvalue weighted by Crippen LogP contribution is -2.89. The zero-order valence-corrected chi connectivity index (χ0v) is 12.8. The molecule has 3 N–H and O–H groups in total. The summed E-state index contributed by atoms with van der Waals surface area (Å²) in [4.78, 5) is 0. The zero-order chi connectivity index (χ0) is 14.5. The van der Waals surface area contributed by atoms with Crippen molar-refractivity contribution >= 4 is 23.2 Å². The van der Waals surface area contributed by atoms with Gasteiger partial charge in [0.15, 0.2) is 0 Å². The summed E-state index contributed by atoms with van der Waals surface area (Å²) >= 11 is 12.0. The molecule has 0 unspecified atom stereocenters. The van der Waals surface area contributed by atoms with Crippen molar-refractivity contribution in [3.63, 3.8) is 0 Å². The molecular weight excluding hydrogens is 293 g/mol. The fourth-order valence-electron chi connectivity index (χ4n) is 2.08. The highest BCUT2D eigenvalue weighted by molar-refractivity contribution is 6.35. The molecule has 0 spiro atoms. The summed E-state index contributed by atoms with van der Waals surface area (Å²) in [5.74, 6) is 0. The van der Waals surface area contributed by atoms with Crippen LogP contribution in [0.5, 0.6) is 0 Å². The molecule has 4 heteroatoms. The zero-order valence-electron chi connectivity index (χ0n) is 11.3. The van der Waals surface area contributed by atoms with E-state index < -0.39 is 6.10 Å². The third-order valence-electron chi connectivity index (χ3n) is 3.36. The van der Waals surface area contributed by atoms with Crippen molar-refractivity contribution in [3.05, 3.63) is 69.7 Å². The fraction of sp³-hybridized carbons (Fsp3) is 0.250. The summed E-state index contributed by atoms with van der Waals surface area (Å²) in [6.07, 6.45) is -0.498. The van der Waals surface area contributed by atoms with E-state index in [0.29, 0.717) is 16.6 Å².